The van der Waals surface area contributed by atoms with E-state index < -0.39 is 17.8 Å². The first-order valence-corrected chi connectivity index (χ1v) is 8.47. The van der Waals surface area contributed by atoms with E-state index in [1.165, 1.54) is 41.0 Å². The highest BCUT2D eigenvalue weighted by molar-refractivity contribution is 8.76. The van der Waals surface area contributed by atoms with Gasteiger partial charge in [0.15, 0.2) is 0 Å². The molecule has 0 aliphatic rings. The van der Waals surface area contributed by atoms with Crippen LogP contribution in [-0.4, -0.2) is 47.1 Å². The molecule has 0 radical (unpaired) electrons. The molecule has 1 heterocycles. The molecule has 1 aromatic heterocycles. The Morgan fingerprint density at radius 2 is 2.14 bits per heavy atom. The van der Waals surface area contributed by atoms with E-state index in [-0.39, 0.29) is 12.0 Å². The fourth-order valence-corrected chi connectivity index (χ4v) is 3.13. The lowest BCUT2D eigenvalue weighted by molar-refractivity contribution is -0.136. The van der Waals surface area contributed by atoms with Crippen molar-refractivity contribution in [1.82, 2.24) is 10.3 Å². The maximum atomic E-state index is 13.4. The van der Waals surface area contributed by atoms with E-state index in [0.717, 1.165) is 0 Å². The van der Waals surface area contributed by atoms with Crippen LogP contribution >= 0.6 is 21.6 Å². The predicted octanol–water partition coefficient (Wildman–Crippen LogP) is 1.82. The van der Waals surface area contributed by atoms with Crippen molar-refractivity contribution >= 4 is 33.5 Å². The normalized spacial score (nSPS) is 10.2. The van der Waals surface area contributed by atoms with E-state index in [0.29, 0.717) is 23.8 Å². The zero-order valence-corrected chi connectivity index (χ0v) is 12.9. The number of hydrogen-bond donors (Lipinski definition) is 2. The number of pyridine rings is 1. The highest BCUT2D eigenvalue weighted by Crippen LogP contribution is 2.21. The molecule has 21 heavy (non-hydrogen) atoms. The van der Waals surface area contributed by atoms with Crippen molar-refractivity contribution in [2.45, 2.75) is 6.42 Å². The van der Waals surface area contributed by atoms with E-state index in [4.69, 9.17) is 9.84 Å². The van der Waals surface area contributed by atoms with Crippen LogP contribution in [0.15, 0.2) is 12.3 Å². The van der Waals surface area contributed by atoms with Crippen molar-refractivity contribution in [1.29, 1.82) is 0 Å². The molecular weight excluding hydrogens is 319 g/mol. The Balaban J connectivity index is 2.29. The van der Waals surface area contributed by atoms with Crippen LogP contribution in [0, 0.1) is 5.95 Å². The Morgan fingerprint density at radius 1 is 1.43 bits per heavy atom. The Kier molecular flexibility index (Phi) is 7.91. The van der Waals surface area contributed by atoms with Gasteiger partial charge >= 0.3 is 5.97 Å². The Morgan fingerprint density at radius 3 is 2.81 bits per heavy atom. The number of hydrogen-bond acceptors (Lipinski definition) is 6. The molecule has 0 aliphatic carbocycles. The van der Waals surface area contributed by atoms with E-state index >= 15 is 0 Å². The summed E-state index contributed by atoms with van der Waals surface area (Å²) in [6.45, 7) is 0.347. The van der Waals surface area contributed by atoms with Crippen molar-refractivity contribution < 1.29 is 23.8 Å². The standard InChI is InChI=1S/C12H15FN2O4S2/c1-19-8-6-9(11(13)15-7-8)12(18)14-3-5-21-20-4-2-10(16)17/h6-7H,2-5H2,1H3,(H,14,18)(H,16,17). The van der Waals surface area contributed by atoms with Gasteiger partial charge in [0.25, 0.3) is 5.91 Å². The van der Waals surface area contributed by atoms with Crippen molar-refractivity contribution in [3.63, 3.8) is 0 Å². The lowest BCUT2D eigenvalue weighted by Crippen LogP contribution is -2.26. The molecule has 6 nitrogen and oxygen atoms in total. The molecule has 0 fully saturated rings. The van der Waals surface area contributed by atoms with Crippen LogP contribution in [0.1, 0.15) is 16.8 Å². The summed E-state index contributed by atoms with van der Waals surface area (Å²) in [5.41, 5.74) is -0.169. The molecular formula is C12H15FN2O4S2. The summed E-state index contributed by atoms with van der Waals surface area (Å²) in [5.74, 6) is -0.846. The third kappa shape index (κ3) is 6.67. The highest BCUT2D eigenvalue weighted by Gasteiger charge is 2.13. The Hall–Kier alpha value is -1.48. The third-order valence-electron chi connectivity index (χ3n) is 2.25. The average Bonchev–Trinajstić information content (AvgIpc) is 2.46. The summed E-state index contributed by atoms with van der Waals surface area (Å²) in [6, 6.07) is 1.28. The van der Waals surface area contributed by atoms with Gasteiger partial charge in [0.2, 0.25) is 5.95 Å². The van der Waals surface area contributed by atoms with E-state index in [1.807, 2.05) is 0 Å². The number of ether oxygens (including phenoxy) is 1. The van der Waals surface area contributed by atoms with Crippen LogP contribution in [0.3, 0.4) is 0 Å². The first kappa shape index (κ1) is 17.6. The van der Waals surface area contributed by atoms with Crippen molar-refractivity contribution in [3.8, 4) is 5.75 Å². The number of halogens is 1. The van der Waals surface area contributed by atoms with Gasteiger partial charge in [0, 0.05) is 18.1 Å². The smallest absolute Gasteiger partial charge is 0.304 e. The number of methoxy groups -OCH3 is 1. The number of carbonyl (C=O) groups excluding carboxylic acids is 1. The van der Waals surface area contributed by atoms with Crippen LogP contribution in [0.4, 0.5) is 4.39 Å². The van der Waals surface area contributed by atoms with Crippen molar-refractivity contribution in [2.24, 2.45) is 0 Å². The summed E-state index contributed by atoms with van der Waals surface area (Å²) in [7, 11) is 4.27. The SMILES string of the molecule is COc1cnc(F)c(C(=O)NCCSSCCC(=O)O)c1. The molecule has 0 atom stereocenters. The largest absolute Gasteiger partial charge is 0.495 e. The second-order valence-corrected chi connectivity index (χ2v) is 6.46. The van der Waals surface area contributed by atoms with Crippen LogP contribution in [0.25, 0.3) is 0 Å². The molecule has 0 saturated heterocycles. The molecule has 2 N–H and O–H groups in total. The van der Waals surface area contributed by atoms with Gasteiger partial charge in [-0.1, -0.05) is 21.6 Å². The number of carboxylic acid groups (broad SMARTS) is 1. The van der Waals surface area contributed by atoms with Gasteiger partial charge in [-0.25, -0.2) is 4.98 Å². The number of carbonyl (C=O) groups is 2. The maximum Gasteiger partial charge on any atom is 0.304 e. The Bertz CT molecular complexity index is 502. The van der Waals surface area contributed by atoms with Crippen LogP contribution in [0.2, 0.25) is 0 Å². The lowest BCUT2D eigenvalue weighted by Gasteiger charge is -2.06. The second-order valence-electron chi connectivity index (χ2n) is 3.76. The van der Waals surface area contributed by atoms with Crippen molar-refractivity contribution in [3.05, 3.63) is 23.8 Å². The number of aromatic nitrogens is 1. The topological polar surface area (TPSA) is 88.5 Å². The van der Waals surface area contributed by atoms with Crippen LogP contribution in [0.5, 0.6) is 5.75 Å². The molecule has 0 saturated carbocycles. The maximum absolute atomic E-state index is 13.4. The fourth-order valence-electron chi connectivity index (χ4n) is 1.25. The van der Waals surface area contributed by atoms with Gasteiger partial charge in [-0.3, -0.25) is 9.59 Å². The molecule has 0 spiro atoms. The molecule has 116 valence electrons. The van der Waals surface area contributed by atoms with Gasteiger partial charge < -0.3 is 15.2 Å². The van der Waals surface area contributed by atoms with E-state index in [9.17, 15) is 14.0 Å². The van der Waals surface area contributed by atoms with E-state index in [2.05, 4.69) is 10.3 Å². The van der Waals surface area contributed by atoms with Crippen LogP contribution < -0.4 is 10.1 Å². The first-order valence-electron chi connectivity index (χ1n) is 5.98. The zero-order valence-electron chi connectivity index (χ0n) is 11.3. The lowest BCUT2D eigenvalue weighted by atomic mass is 10.2. The molecule has 1 aromatic rings. The van der Waals surface area contributed by atoms with Crippen LogP contribution in [-0.2, 0) is 4.79 Å². The van der Waals surface area contributed by atoms with E-state index in [1.54, 1.807) is 0 Å². The average molecular weight is 334 g/mol. The first-order chi connectivity index (χ1) is 10.0. The summed E-state index contributed by atoms with van der Waals surface area (Å²) in [6.07, 6.45) is 1.30. The summed E-state index contributed by atoms with van der Waals surface area (Å²) in [5, 5.41) is 11.0. The van der Waals surface area contributed by atoms with Gasteiger partial charge in [-0.15, -0.1) is 0 Å². The Labute approximate surface area is 129 Å². The summed E-state index contributed by atoms with van der Waals surface area (Å²) < 4.78 is 18.3. The zero-order chi connectivity index (χ0) is 15.7. The minimum absolute atomic E-state index is 0.102. The fraction of sp³-hybridized carbons (Fsp3) is 0.417. The minimum atomic E-state index is -0.850. The molecule has 1 rings (SSSR count). The quantitative estimate of drug-likeness (QED) is 0.404. The van der Waals surface area contributed by atoms with Gasteiger partial charge in [0.1, 0.15) is 5.75 Å². The summed E-state index contributed by atoms with van der Waals surface area (Å²) in [4.78, 5) is 25.5. The predicted molar refractivity (Wildman–Crippen MR) is 80.2 cm³/mol. The minimum Gasteiger partial charge on any atom is -0.495 e. The number of carboxylic acids is 1. The number of nitrogens with zero attached hydrogens (tertiary/aromatic N) is 1. The molecule has 0 aliphatic heterocycles. The monoisotopic (exact) mass is 334 g/mol. The molecule has 9 heteroatoms. The van der Waals surface area contributed by atoms with Gasteiger partial charge in [-0.05, 0) is 6.07 Å². The van der Waals surface area contributed by atoms with Gasteiger partial charge in [-0.2, -0.15) is 4.39 Å². The summed E-state index contributed by atoms with van der Waals surface area (Å²) >= 11 is 0. The number of aliphatic carboxylic acids is 1. The molecule has 0 bridgehead atoms. The second kappa shape index (κ2) is 9.46. The number of amides is 1. The number of nitrogens with one attached hydrogen (secondary N) is 1. The third-order valence-corrected chi connectivity index (χ3v) is 4.66. The molecule has 0 aromatic carbocycles. The number of rotatable bonds is 9. The van der Waals surface area contributed by atoms with Gasteiger partial charge in [0.05, 0.1) is 25.3 Å². The molecule has 0 unspecified atom stereocenters. The molecule has 1 amide bonds. The highest BCUT2D eigenvalue weighted by atomic mass is 33.1. The van der Waals surface area contributed by atoms with Crippen molar-refractivity contribution in [2.75, 3.05) is 25.2 Å².